The second-order valence-corrected chi connectivity index (χ2v) is 5.17. The molecule has 0 saturated heterocycles. The lowest BCUT2D eigenvalue weighted by molar-refractivity contribution is 0.655. The summed E-state index contributed by atoms with van der Waals surface area (Å²) in [7, 11) is 2.09. The molecule has 2 nitrogen and oxygen atoms in total. The van der Waals surface area contributed by atoms with Crippen LogP contribution in [0.2, 0.25) is 0 Å². The molecule has 2 aromatic carbocycles. The highest BCUT2D eigenvalue weighted by molar-refractivity contribution is 5.46. The van der Waals surface area contributed by atoms with Crippen molar-refractivity contribution >= 4 is 5.69 Å². The summed E-state index contributed by atoms with van der Waals surface area (Å²) in [5.74, 6) is 0. The van der Waals surface area contributed by atoms with E-state index in [1.165, 1.54) is 16.8 Å². The zero-order valence-corrected chi connectivity index (χ0v) is 11.7. The van der Waals surface area contributed by atoms with Gasteiger partial charge in [0, 0.05) is 25.3 Å². The van der Waals surface area contributed by atoms with Crippen molar-refractivity contribution in [2.45, 2.75) is 19.4 Å². The molecule has 0 spiro atoms. The first-order chi connectivity index (χ1) is 9.15. The Morgan fingerprint density at radius 2 is 1.63 bits per heavy atom. The maximum Gasteiger partial charge on any atom is 0.0364 e. The maximum absolute atomic E-state index is 6.23. The van der Waals surface area contributed by atoms with Crippen molar-refractivity contribution in [1.29, 1.82) is 0 Å². The van der Waals surface area contributed by atoms with E-state index in [0.29, 0.717) is 0 Å². The van der Waals surface area contributed by atoms with E-state index in [0.717, 1.165) is 13.0 Å². The van der Waals surface area contributed by atoms with Crippen LogP contribution in [0.3, 0.4) is 0 Å². The SMILES string of the molecule is Cc1ccc(N(C)CC(N)Cc2ccccc2)cc1. The van der Waals surface area contributed by atoms with Crippen LogP contribution in [0.15, 0.2) is 54.6 Å². The summed E-state index contributed by atoms with van der Waals surface area (Å²) < 4.78 is 0. The van der Waals surface area contributed by atoms with Gasteiger partial charge in [-0.05, 0) is 31.0 Å². The van der Waals surface area contributed by atoms with Crippen molar-refractivity contribution in [3.8, 4) is 0 Å². The third kappa shape index (κ3) is 4.11. The van der Waals surface area contributed by atoms with Crippen molar-refractivity contribution in [3.05, 3.63) is 65.7 Å². The molecule has 0 aliphatic rings. The number of hydrogen-bond acceptors (Lipinski definition) is 2. The van der Waals surface area contributed by atoms with E-state index in [2.05, 4.69) is 67.4 Å². The number of rotatable bonds is 5. The molecule has 0 radical (unpaired) electrons. The minimum absolute atomic E-state index is 0.147. The van der Waals surface area contributed by atoms with Crippen LogP contribution < -0.4 is 10.6 Å². The van der Waals surface area contributed by atoms with Gasteiger partial charge in [-0.1, -0.05) is 48.0 Å². The Bertz CT molecular complexity index is 490. The summed E-state index contributed by atoms with van der Waals surface area (Å²) in [6, 6.07) is 19.1. The number of nitrogens with two attached hydrogens (primary N) is 1. The fraction of sp³-hybridized carbons (Fsp3) is 0.294. The number of likely N-dealkylation sites (N-methyl/N-ethyl adjacent to an activating group) is 1. The van der Waals surface area contributed by atoms with Crippen molar-refractivity contribution in [2.24, 2.45) is 5.73 Å². The quantitative estimate of drug-likeness (QED) is 0.888. The molecule has 0 fully saturated rings. The Morgan fingerprint density at radius 1 is 1.00 bits per heavy atom. The molecular formula is C17H22N2. The van der Waals surface area contributed by atoms with Crippen LogP contribution in [-0.2, 0) is 6.42 Å². The lowest BCUT2D eigenvalue weighted by Gasteiger charge is -2.23. The Kier molecular flexibility index (Phi) is 4.58. The van der Waals surface area contributed by atoms with E-state index >= 15 is 0 Å². The molecule has 0 aromatic heterocycles. The van der Waals surface area contributed by atoms with Gasteiger partial charge in [0.05, 0.1) is 0 Å². The molecule has 0 saturated carbocycles. The topological polar surface area (TPSA) is 29.3 Å². The fourth-order valence-electron chi connectivity index (χ4n) is 2.24. The summed E-state index contributed by atoms with van der Waals surface area (Å²) in [5, 5.41) is 0. The van der Waals surface area contributed by atoms with Gasteiger partial charge in [-0.3, -0.25) is 0 Å². The molecule has 100 valence electrons. The Morgan fingerprint density at radius 3 is 2.26 bits per heavy atom. The number of nitrogens with zero attached hydrogens (tertiary/aromatic N) is 1. The van der Waals surface area contributed by atoms with Crippen molar-refractivity contribution in [1.82, 2.24) is 0 Å². The molecule has 1 unspecified atom stereocenters. The van der Waals surface area contributed by atoms with Crippen LogP contribution in [0.4, 0.5) is 5.69 Å². The van der Waals surface area contributed by atoms with E-state index in [1.54, 1.807) is 0 Å². The molecule has 0 heterocycles. The van der Waals surface area contributed by atoms with E-state index in [9.17, 15) is 0 Å². The van der Waals surface area contributed by atoms with Gasteiger partial charge in [0.15, 0.2) is 0 Å². The molecule has 0 bridgehead atoms. The predicted molar refractivity (Wildman–Crippen MR) is 82.6 cm³/mol. The first-order valence-corrected chi connectivity index (χ1v) is 6.72. The second kappa shape index (κ2) is 6.39. The van der Waals surface area contributed by atoms with E-state index < -0.39 is 0 Å². The maximum atomic E-state index is 6.23. The van der Waals surface area contributed by atoms with Gasteiger partial charge in [-0.25, -0.2) is 0 Å². The molecule has 0 aliphatic carbocycles. The average molecular weight is 254 g/mol. The molecule has 1 atom stereocenters. The molecule has 19 heavy (non-hydrogen) atoms. The van der Waals surface area contributed by atoms with Crippen molar-refractivity contribution in [3.63, 3.8) is 0 Å². The molecule has 0 aliphatic heterocycles. The van der Waals surface area contributed by atoms with Gasteiger partial charge in [0.25, 0.3) is 0 Å². The Balaban J connectivity index is 1.91. The highest BCUT2D eigenvalue weighted by Crippen LogP contribution is 2.14. The average Bonchev–Trinajstić information content (AvgIpc) is 2.40. The Labute approximate surface area is 115 Å². The van der Waals surface area contributed by atoms with Gasteiger partial charge in [-0.15, -0.1) is 0 Å². The fourth-order valence-corrected chi connectivity index (χ4v) is 2.24. The summed E-state index contributed by atoms with van der Waals surface area (Å²) in [4.78, 5) is 2.22. The summed E-state index contributed by atoms with van der Waals surface area (Å²) in [6.07, 6.45) is 0.914. The predicted octanol–water partition coefficient (Wildman–Crippen LogP) is 3.00. The van der Waals surface area contributed by atoms with E-state index in [1.807, 2.05) is 6.07 Å². The third-order valence-corrected chi connectivity index (χ3v) is 3.32. The zero-order valence-electron chi connectivity index (χ0n) is 11.7. The van der Waals surface area contributed by atoms with Gasteiger partial charge in [0.1, 0.15) is 0 Å². The summed E-state index contributed by atoms with van der Waals surface area (Å²) in [5.41, 5.74) is 10.0. The van der Waals surface area contributed by atoms with Crippen LogP contribution in [0.25, 0.3) is 0 Å². The highest BCUT2D eigenvalue weighted by atomic mass is 15.1. The van der Waals surface area contributed by atoms with Gasteiger partial charge < -0.3 is 10.6 Å². The molecule has 2 heteroatoms. The van der Waals surface area contributed by atoms with Crippen LogP contribution in [0.1, 0.15) is 11.1 Å². The first kappa shape index (κ1) is 13.6. The van der Waals surface area contributed by atoms with Crippen molar-refractivity contribution in [2.75, 3.05) is 18.5 Å². The minimum Gasteiger partial charge on any atom is -0.373 e. The summed E-state index contributed by atoms with van der Waals surface area (Å²) in [6.45, 7) is 2.96. The molecule has 2 aromatic rings. The standard InChI is InChI=1S/C17H22N2/c1-14-8-10-17(11-9-14)19(2)13-16(18)12-15-6-4-3-5-7-15/h3-11,16H,12-13,18H2,1-2H3. The largest absolute Gasteiger partial charge is 0.373 e. The molecular weight excluding hydrogens is 232 g/mol. The van der Waals surface area contributed by atoms with E-state index in [4.69, 9.17) is 5.73 Å². The lowest BCUT2D eigenvalue weighted by Crippen LogP contribution is -2.36. The van der Waals surface area contributed by atoms with Gasteiger partial charge in [-0.2, -0.15) is 0 Å². The number of benzene rings is 2. The molecule has 0 amide bonds. The van der Waals surface area contributed by atoms with Gasteiger partial charge >= 0.3 is 0 Å². The lowest BCUT2D eigenvalue weighted by atomic mass is 10.1. The minimum atomic E-state index is 0.147. The third-order valence-electron chi connectivity index (χ3n) is 3.32. The normalized spacial score (nSPS) is 12.2. The molecule has 2 rings (SSSR count). The number of anilines is 1. The number of hydrogen-bond donors (Lipinski definition) is 1. The van der Waals surface area contributed by atoms with E-state index in [-0.39, 0.29) is 6.04 Å². The second-order valence-electron chi connectivity index (χ2n) is 5.17. The summed E-state index contributed by atoms with van der Waals surface area (Å²) >= 11 is 0. The van der Waals surface area contributed by atoms with Crippen LogP contribution in [-0.4, -0.2) is 19.6 Å². The zero-order chi connectivity index (χ0) is 13.7. The smallest absolute Gasteiger partial charge is 0.0364 e. The molecule has 2 N–H and O–H groups in total. The van der Waals surface area contributed by atoms with Crippen LogP contribution >= 0.6 is 0 Å². The highest BCUT2D eigenvalue weighted by Gasteiger charge is 2.08. The monoisotopic (exact) mass is 254 g/mol. The Hall–Kier alpha value is -1.80. The number of aryl methyl sites for hydroxylation is 1. The van der Waals surface area contributed by atoms with Gasteiger partial charge in [0.2, 0.25) is 0 Å². The van der Waals surface area contributed by atoms with Crippen molar-refractivity contribution < 1.29 is 0 Å². The van der Waals surface area contributed by atoms with Crippen LogP contribution in [0, 0.1) is 6.92 Å². The van der Waals surface area contributed by atoms with Crippen LogP contribution in [0.5, 0.6) is 0 Å². The first-order valence-electron chi connectivity index (χ1n) is 6.72.